The van der Waals surface area contributed by atoms with Gasteiger partial charge in [-0.1, -0.05) is 33.3 Å². The van der Waals surface area contributed by atoms with Gasteiger partial charge in [-0.2, -0.15) is 0 Å². The minimum atomic E-state index is -0.120. The molecule has 0 spiro atoms. The van der Waals surface area contributed by atoms with Crippen molar-refractivity contribution in [1.29, 1.82) is 0 Å². The molecule has 2 nitrogen and oxygen atoms in total. The summed E-state index contributed by atoms with van der Waals surface area (Å²) in [5, 5.41) is 10.9. The Balaban J connectivity index is 1.74. The molecule has 2 saturated carbocycles. The molecule has 6 atom stereocenters. The number of hydrogen-bond donors (Lipinski definition) is 1. The van der Waals surface area contributed by atoms with Crippen molar-refractivity contribution < 1.29 is 9.84 Å². The Kier molecular flexibility index (Phi) is 3.76. The van der Waals surface area contributed by atoms with Gasteiger partial charge in [0, 0.05) is 0 Å². The molecule has 0 saturated heterocycles. The lowest BCUT2D eigenvalue weighted by Gasteiger charge is -2.53. The van der Waals surface area contributed by atoms with Gasteiger partial charge in [0.2, 0.25) is 0 Å². The molecule has 2 fully saturated rings. The third-order valence-electron chi connectivity index (χ3n) is 8.13. The molecule has 1 aromatic rings. The van der Waals surface area contributed by atoms with Gasteiger partial charge in [0.05, 0.1) is 13.2 Å². The van der Waals surface area contributed by atoms with E-state index in [0.29, 0.717) is 17.3 Å². The van der Waals surface area contributed by atoms with Crippen LogP contribution in [0.1, 0.15) is 69.9 Å². The van der Waals surface area contributed by atoms with Crippen molar-refractivity contribution in [2.75, 3.05) is 7.11 Å². The Morgan fingerprint density at radius 3 is 2.75 bits per heavy atom. The maximum atomic E-state index is 10.9. The smallest absolute Gasteiger partial charge is 0.119 e. The number of ether oxygens (including phenoxy) is 1. The van der Waals surface area contributed by atoms with E-state index in [0.717, 1.165) is 24.5 Å². The van der Waals surface area contributed by atoms with Gasteiger partial charge in [-0.25, -0.2) is 0 Å². The monoisotopic (exact) mass is 328 g/mol. The molecule has 24 heavy (non-hydrogen) atoms. The minimum Gasteiger partial charge on any atom is -0.497 e. The molecular weight excluding hydrogens is 296 g/mol. The molecule has 0 bridgehead atoms. The summed E-state index contributed by atoms with van der Waals surface area (Å²) in [7, 11) is 1.76. The number of aryl methyl sites for hydroxylation is 1. The molecule has 3 aliphatic rings. The van der Waals surface area contributed by atoms with E-state index >= 15 is 0 Å². The maximum Gasteiger partial charge on any atom is 0.119 e. The van der Waals surface area contributed by atoms with Crippen LogP contribution in [0.2, 0.25) is 0 Å². The van der Waals surface area contributed by atoms with Crippen LogP contribution in [0.4, 0.5) is 0 Å². The highest BCUT2D eigenvalue weighted by Crippen LogP contribution is 2.67. The summed E-state index contributed by atoms with van der Waals surface area (Å²) in [6, 6.07) is 6.71. The third kappa shape index (κ3) is 2.11. The lowest BCUT2D eigenvalue weighted by atomic mass is 9.51. The van der Waals surface area contributed by atoms with Gasteiger partial charge in [-0.05, 0) is 83.9 Å². The highest BCUT2D eigenvalue weighted by Gasteiger charge is 2.62. The van der Waals surface area contributed by atoms with Crippen molar-refractivity contribution >= 4 is 0 Å². The number of fused-ring (bicyclic) bond motifs is 5. The fourth-order valence-electron chi connectivity index (χ4n) is 6.77. The number of hydrogen-bond acceptors (Lipinski definition) is 2. The number of methoxy groups -OCH3 is 1. The molecular formula is C22H32O2. The molecule has 0 heterocycles. The van der Waals surface area contributed by atoms with E-state index in [4.69, 9.17) is 4.74 Å². The molecule has 0 unspecified atom stereocenters. The third-order valence-corrected chi connectivity index (χ3v) is 8.13. The van der Waals surface area contributed by atoms with E-state index < -0.39 is 0 Å². The van der Waals surface area contributed by atoms with Crippen molar-refractivity contribution in [3.05, 3.63) is 29.3 Å². The number of aliphatic hydroxyl groups excluding tert-OH is 1. The molecule has 2 heteroatoms. The predicted octanol–water partition coefficient (Wildman–Crippen LogP) is 4.94. The molecule has 0 aromatic heterocycles. The van der Waals surface area contributed by atoms with Gasteiger partial charge < -0.3 is 9.84 Å². The Morgan fingerprint density at radius 2 is 2.04 bits per heavy atom. The van der Waals surface area contributed by atoms with Crippen LogP contribution in [0.25, 0.3) is 0 Å². The first-order valence-electron chi connectivity index (χ1n) is 9.78. The summed E-state index contributed by atoms with van der Waals surface area (Å²) in [5.41, 5.74) is 3.47. The van der Waals surface area contributed by atoms with Crippen LogP contribution >= 0.6 is 0 Å². The second-order valence-corrected chi connectivity index (χ2v) is 9.12. The number of aliphatic hydroxyl groups is 1. The van der Waals surface area contributed by atoms with Gasteiger partial charge in [0.25, 0.3) is 0 Å². The molecule has 3 aliphatic carbocycles. The number of rotatable bonds is 2. The van der Waals surface area contributed by atoms with Gasteiger partial charge in [-0.15, -0.1) is 0 Å². The normalized spacial score (nSPS) is 43.7. The predicted molar refractivity (Wildman–Crippen MR) is 97.4 cm³/mol. The largest absolute Gasteiger partial charge is 0.497 e. The fourth-order valence-corrected chi connectivity index (χ4v) is 6.77. The van der Waals surface area contributed by atoms with Gasteiger partial charge in [0.1, 0.15) is 5.75 Å². The van der Waals surface area contributed by atoms with Gasteiger partial charge >= 0.3 is 0 Å². The van der Waals surface area contributed by atoms with Crippen molar-refractivity contribution in [2.24, 2.45) is 22.7 Å². The first-order valence-corrected chi connectivity index (χ1v) is 9.78. The van der Waals surface area contributed by atoms with Crippen molar-refractivity contribution in [2.45, 2.75) is 71.3 Å². The molecule has 4 rings (SSSR count). The number of benzene rings is 1. The van der Waals surface area contributed by atoms with Crippen molar-refractivity contribution in [3.63, 3.8) is 0 Å². The van der Waals surface area contributed by atoms with E-state index in [1.54, 1.807) is 12.7 Å². The van der Waals surface area contributed by atoms with Crippen LogP contribution in [0, 0.1) is 22.7 Å². The van der Waals surface area contributed by atoms with Crippen LogP contribution in [0.3, 0.4) is 0 Å². The summed E-state index contributed by atoms with van der Waals surface area (Å²) in [4.78, 5) is 0. The Labute approximate surface area is 146 Å². The summed E-state index contributed by atoms with van der Waals surface area (Å²) in [5.74, 6) is 3.04. The summed E-state index contributed by atoms with van der Waals surface area (Å²) < 4.78 is 5.43. The average Bonchev–Trinajstić information content (AvgIpc) is 2.81. The van der Waals surface area contributed by atoms with Crippen LogP contribution < -0.4 is 4.74 Å². The Bertz CT molecular complexity index is 639. The van der Waals surface area contributed by atoms with E-state index in [9.17, 15) is 5.11 Å². The van der Waals surface area contributed by atoms with Crippen molar-refractivity contribution in [1.82, 2.24) is 0 Å². The molecule has 0 amide bonds. The van der Waals surface area contributed by atoms with Gasteiger partial charge in [0.15, 0.2) is 0 Å². The Hall–Kier alpha value is -1.02. The minimum absolute atomic E-state index is 0.120. The first-order chi connectivity index (χ1) is 11.4. The quantitative estimate of drug-likeness (QED) is 0.833. The molecule has 1 N–H and O–H groups in total. The van der Waals surface area contributed by atoms with E-state index in [2.05, 4.69) is 39.0 Å². The summed E-state index contributed by atoms with van der Waals surface area (Å²) >= 11 is 0. The maximum absolute atomic E-state index is 10.9. The molecule has 1 aromatic carbocycles. The lowest BCUT2D eigenvalue weighted by Crippen LogP contribution is -2.47. The highest BCUT2D eigenvalue weighted by molar-refractivity contribution is 5.41. The van der Waals surface area contributed by atoms with Crippen LogP contribution in [-0.2, 0) is 6.42 Å². The van der Waals surface area contributed by atoms with Crippen molar-refractivity contribution in [3.8, 4) is 5.75 Å². The van der Waals surface area contributed by atoms with Crippen LogP contribution in [-0.4, -0.2) is 18.3 Å². The van der Waals surface area contributed by atoms with Gasteiger partial charge in [-0.3, -0.25) is 0 Å². The Morgan fingerprint density at radius 1 is 1.25 bits per heavy atom. The van der Waals surface area contributed by atoms with E-state index in [1.807, 2.05) is 0 Å². The average molecular weight is 328 g/mol. The second-order valence-electron chi connectivity index (χ2n) is 9.12. The standard InChI is InChI=1S/C22H32O2/c1-5-21(2)13-19(23)22(3)11-10-17-16-9-7-15(24-4)12-14(16)6-8-18(17)20(21)22/h7,9,12,17-20,23H,5-6,8,10-11,13H2,1-4H3/t17-,18-,19-,20-,21-,22-/m1/s1. The zero-order valence-corrected chi connectivity index (χ0v) is 15.6. The molecule has 132 valence electrons. The lowest BCUT2D eigenvalue weighted by molar-refractivity contribution is -0.0442. The zero-order chi connectivity index (χ0) is 17.1. The fraction of sp³-hybridized carbons (Fsp3) is 0.727. The topological polar surface area (TPSA) is 29.5 Å². The molecule has 0 aliphatic heterocycles. The van der Waals surface area contributed by atoms with Crippen LogP contribution in [0.5, 0.6) is 5.75 Å². The molecule has 0 radical (unpaired) electrons. The second kappa shape index (κ2) is 5.49. The van der Waals surface area contributed by atoms with E-state index in [1.165, 1.54) is 31.2 Å². The summed E-state index contributed by atoms with van der Waals surface area (Å²) in [6.07, 6.45) is 6.89. The first kappa shape index (κ1) is 16.4. The summed E-state index contributed by atoms with van der Waals surface area (Å²) in [6.45, 7) is 7.14. The van der Waals surface area contributed by atoms with E-state index in [-0.39, 0.29) is 11.5 Å². The highest BCUT2D eigenvalue weighted by atomic mass is 16.5. The van der Waals surface area contributed by atoms with Crippen LogP contribution in [0.15, 0.2) is 18.2 Å². The zero-order valence-electron chi connectivity index (χ0n) is 15.6. The SMILES string of the molecule is CC[C@]1(C)C[C@@H](O)[C@@]2(C)CC[C@@H]3c4ccc(OC)cc4CC[C@H]3[C@H]12.